The van der Waals surface area contributed by atoms with Crippen LogP contribution in [0.4, 0.5) is 13.2 Å². The first-order valence-electron chi connectivity index (χ1n) is 7.56. The van der Waals surface area contributed by atoms with Gasteiger partial charge in [0.05, 0.1) is 6.61 Å². The average molecular weight is 331 g/mol. The summed E-state index contributed by atoms with van der Waals surface area (Å²) in [6.45, 7) is 0.221. The lowest BCUT2D eigenvalue weighted by molar-refractivity contribution is -0.272. The molecule has 1 aromatic rings. The van der Waals surface area contributed by atoms with Crippen LogP contribution in [-0.2, 0) is 4.79 Å². The van der Waals surface area contributed by atoms with Crippen LogP contribution in [0, 0.1) is 0 Å². The van der Waals surface area contributed by atoms with Crippen LogP contribution in [0.15, 0.2) is 30.3 Å². The number of hydrogen-bond donors (Lipinski definition) is 1. The van der Waals surface area contributed by atoms with E-state index >= 15 is 0 Å². The minimum absolute atomic E-state index is 0.0750. The highest BCUT2D eigenvalue weighted by molar-refractivity contribution is 5.76. The normalized spacial score (nSPS) is 17.8. The minimum Gasteiger partial charge on any atom is -0.494 e. The first kappa shape index (κ1) is 17.6. The monoisotopic (exact) mass is 331 g/mol. The third-order valence-corrected chi connectivity index (χ3v) is 4.02. The van der Waals surface area contributed by atoms with E-state index in [4.69, 9.17) is 4.74 Å². The molecular formula is C16H20F3NO3. The van der Waals surface area contributed by atoms with Crippen LogP contribution in [0.25, 0.3) is 0 Å². The summed E-state index contributed by atoms with van der Waals surface area (Å²) in [5, 5.41) is 9.56. The molecule has 4 nitrogen and oxygen atoms in total. The number of carbonyl (C=O) groups is 1. The number of rotatable bonds is 5. The summed E-state index contributed by atoms with van der Waals surface area (Å²) in [7, 11) is 0. The van der Waals surface area contributed by atoms with E-state index in [0.29, 0.717) is 18.8 Å². The molecule has 0 atom stereocenters. The second-order valence-electron chi connectivity index (χ2n) is 5.68. The molecule has 1 aromatic carbocycles. The number of para-hydroxylation sites is 1. The highest BCUT2D eigenvalue weighted by atomic mass is 19.4. The van der Waals surface area contributed by atoms with Gasteiger partial charge in [-0.3, -0.25) is 4.79 Å². The molecule has 1 saturated heterocycles. The third-order valence-electron chi connectivity index (χ3n) is 4.02. The largest absolute Gasteiger partial charge is 0.494 e. The second-order valence-corrected chi connectivity index (χ2v) is 5.68. The van der Waals surface area contributed by atoms with Gasteiger partial charge < -0.3 is 14.7 Å². The predicted molar refractivity (Wildman–Crippen MR) is 78.0 cm³/mol. The van der Waals surface area contributed by atoms with Gasteiger partial charge in [0.1, 0.15) is 5.75 Å². The van der Waals surface area contributed by atoms with Gasteiger partial charge in [-0.25, -0.2) is 0 Å². The molecule has 1 aliphatic rings. The van der Waals surface area contributed by atoms with Gasteiger partial charge in [-0.2, -0.15) is 13.2 Å². The van der Waals surface area contributed by atoms with Crippen molar-refractivity contribution in [3.63, 3.8) is 0 Å². The number of piperidine rings is 1. The third kappa shape index (κ3) is 4.60. The number of carbonyl (C=O) groups excluding carboxylic acids is 1. The van der Waals surface area contributed by atoms with Gasteiger partial charge in [0.15, 0.2) is 5.60 Å². The number of aliphatic hydroxyl groups is 1. The summed E-state index contributed by atoms with van der Waals surface area (Å²) in [5.74, 6) is 0.513. The summed E-state index contributed by atoms with van der Waals surface area (Å²) in [4.78, 5) is 13.4. The molecule has 1 N–H and O–H groups in total. The zero-order valence-corrected chi connectivity index (χ0v) is 12.7. The molecule has 7 heteroatoms. The molecule has 0 radical (unpaired) electrons. The van der Waals surface area contributed by atoms with E-state index < -0.39 is 24.6 Å². The number of benzene rings is 1. The van der Waals surface area contributed by atoms with Crippen molar-refractivity contribution in [1.29, 1.82) is 0 Å². The standard InChI is InChI=1S/C16H20F3NO3/c17-16(18,19)15(22)8-10-20(11-9-15)14(21)7-4-12-23-13-5-2-1-3-6-13/h1-3,5-6,22H,4,7-12H2. The Kier molecular flexibility index (Phi) is 5.51. The Morgan fingerprint density at radius 1 is 1.22 bits per heavy atom. The number of nitrogens with zero attached hydrogens (tertiary/aromatic N) is 1. The summed E-state index contributed by atoms with van der Waals surface area (Å²) < 4.78 is 43.5. The number of likely N-dealkylation sites (tertiary alicyclic amines) is 1. The molecule has 1 fully saturated rings. The zero-order valence-electron chi connectivity index (χ0n) is 12.7. The van der Waals surface area contributed by atoms with Gasteiger partial charge in [-0.05, 0) is 18.6 Å². The molecule has 2 rings (SSSR count). The fraction of sp³-hybridized carbons (Fsp3) is 0.562. The fourth-order valence-corrected chi connectivity index (χ4v) is 2.50. The van der Waals surface area contributed by atoms with Crippen molar-refractivity contribution < 1.29 is 27.8 Å². The van der Waals surface area contributed by atoms with Crippen LogP contribution >= 0.6 is 0 Å². The molecule has 0 spiro atoms. The number of halogens is 3. The van der Waals surface area contributed by atoms with Crippen LogP contribution in [0.3, 0.4) is 0 Å². The van der Waals surface area contributed by atoms with E-state index in [1.165, 1.54) is 4.90 Å². The molecule has 0 unspecified atom stereocenters. The summed E-state index contributed by atoms with van der Waals surface area (Å²) in [5.41, 5.74) is -2.67. The van der Waals surface area contributed by atoms with Crippen molar-refractivity contribution in [3.05, 3.63) is 30.3 Å². The number of hydrogen-bond acceptors (Lipinski definition) is 3. The van der Waals surface area contributed by atoms with Crippen LogP contribution in [0.5, 0.6) is 5.75 Å². The van der Waals surface area contributed by atoms with E-state index in [2.05, 4.69) is 0 Å². The van der Waals surface area contributed by atoms with Crippen LogP contribution in [-0.4, -0.2) is 47.4 Å². The first-order chi connectivity index (χ1) is 10.8. The first-order valence-corrected chi connectivity index (χ1v) is 7.56. The maximum absolute atomic E-state index is 12.7. The summed E-state index contributed by atoms with van der Waals surface area (Å²) in [6.07, 6.45) is -4.87. The molecule has 0 bridgehead atoms. The molecule has 128 valence electrons. The maximum atomic E-state index is 12.7. The van der Waals surface area contributed by atoms with Crippen LogP contribution in [0.1, 0.15) is 25.7 Å². The van der Waals surface area contributed by atoms with Crippen LogP contribution < -0.4 is 4.74 Å². The highest BCUT2D eigenvalue weighted by Crippen LogP contribution is 2.38. The second kappa shape index (κ2) is 7.21. The molecule has 1 heterocycles. The smallest absolute Gasteiger partial charge is 0.417 e. The van der Waals surface area contributed by atoms with Crippen molar-refractivity contribution in [1.82, 2.24) is 4.90 Å². The van der Waals surface area contributed by atoms with Crippen molar-refractivity contribution in [2.45, 2.75) is 37.5 Å². The maximum Gasteiger partial charge on any atom is 0.417 e. The van der Waals surface area contributed by atoms with Crippen LogP contribution in [0.2, 0.25) is 0 Å². The van der Waals surface area contributed by atoms with Gasteiger partial charge in [0, 0.05) is 32.4 Å². The Hall–Kier alpha value is -1.76. The Labute approximate surface area is 132 Å². The zero-order chi connectivity index (χ0) is 16.9. The molecule has 0 aliphatic carbocycles. The highest BCUT2D eigenvalue weighted by Gasteiger charge is 2.54. The van der Waals surface area contributed by atoms with Gasteiger partial charge in [0.25, 0.3) is 0 Å². The van der Waals surface area contributed by atoms with Crippen molar-refractivity contribution in [2.24, 2.45) is 0 Å². The fourth-order valence-electron chi connectivity index (χ4n) is 2.50. The summed E-state index contributed by atoms with van der Waals surface area (Å²) >= 11 is 0. The van der Waals surface area contributed by atoms with Gasteiger partial charge in [-0.15, -0.1) is 0 Å². The molecule has 0 aromatic heterocycles. The van der Waals surface area contributed by atoms with E-state index in [1.54, 1.807) is 0 Å². The Morgan fingerprint density at radius 2 is 1.83 bits per heavy atom. The minimum atomic E-state index is -4.65. The SMILES string of the molecule is O=C(CCCOc1ccccc1)N1CCC(O)(C(F)(F)F)CC1. The quantitative estimate of drug-likeness (QED) is 0.844. The topological polar surface area (TPSA) is 49.8 Å². The lowest BCUT2D eigenvalue weighted by Crippen LogP contribution is -2.54. The number of alkyl halides is 3. The molecular weight excluding hydrogens is 311 g/mol. The Balaban J connectivity index is 1.69. The Bertz CT molecular complexity index is 511. The average Bonchev–Trinajstić information content (AvgIpc) is 2.52. The van der Waals surface area contributed by atoms with E-state index in [1.807, 2.05) is 30.3 Å². The van der Waals surface area contributed by atoms with Crippen molar-refractivity contribution >= 4 is 5.91 Å². The Morgan fingerprint density at radius 3 is 2.39 bits per heavy atom. The lowest BCUT2D eigenvalue weighted by Gasteiger charge is -2.39. The molecule has 1 aliphatic heterocycles. The van der Waals surface area contributed by atoms with E-state index in [-0.39, 0.29) is 25.4 Å². The van der Waals surface area contributed by atoms with Gasteiger partial charge >= 0.3 is 6.18 Å². The van der Waals surface area contributed by atoms with E-state index in [0.717, 1.165) is 0 Å². The van der Waals surface area contributed by atoms with Crippen molar-refractivity contribution in [3.8, 4) is 5.75 Å². The van der Waals surface area contributed by atoms with Gasteiger partial charge in [0.2, 0.25) is 5.91 Å². The molecule has 1 amide bonds. The lowest BCUT2D eigenvalue weighted by atomic mass is 9.90. The molecule has 0 saturated carbocycles. The van der Waals surface area contributed by atoms with E-state index in [9.17, 15) is 23.1 Å². The molecule has 23 heavy (non-hydrogen) atoms. The van der Waals surface area contributed by atoms with Crippen molar-refractivity contribution in [2.75, 3.05) is 19.7 Å². The predicted octanol–water partition coefficient (Wildman–Crippen LogP) is 2.76. The van der Waals surface area contributed by atoms with Gasteiger partial charge in [-0.1, -0.05) is 18.2 Å². The summed E-state index contributed by atoms with van der Waals surface area (Å²) in [6, 6.07) is 9.18. The number of ether oxygens (including phenoxy) is 1. The number of amides is 1.